The average Bonchev–Trinajstić information content (AvgIpc) is 3.35. The Morgan fingerprint density at radius 2 is 1.92 bits per heavy atom. The Hall–Kier alpha value is -3.22. The van der Waals surface area contributed by atoms with E-state index >= 15 is 0 Å². The van der Waals surface area contributed by atoms with E-state index in [0.29, 0.717) is 11.6 Å². The van der Waals surface area contributed by atoms with Gasteiger partial charge in [0.1, 0.15) is 0 Å². The number of fused-ring (bicyclic) bond motifs is 1. The van der Waals surface area contributed by atoms with Crippen molar-refractivity contribution in [3.05, 3.63) is 48.0 Å². The van der Waals surface area contributed by atoms with Gasteiger partial charge in [-0.25, -0.2) is 4.52 Å². The van der Waals surface area contributed by atoms with Gasteiger partial charge in [0.2, 0.25) is 11.9 Å². The van der Waals surface area contributed by atoms with Crippen LogP contribution in [-0.2, 0) is 16.0 Å². The highest BCUT2D eigenvalue weighted by Gasteiger charge is 2.30. The van der Waals surface area contributed by atoms with Gasteiger partial charge in [-0.05, 0) is 30.5 Å². The van der Waals surface area contributed by atoms with Crippen molar-refractivity contribution in [2.24, 2.45) is 5.92 Å². The third-order valence-corrected chi connectivity index (χ3v) is 4.15. The van der Waals surface area contributed by atoms with Crippen LogP contribution in [0.25, 0.3) is 16.9 Å². The van der Waals surface area contributed by atoms with E-state index in [1.807, 2.05) is 30.3 Å². The lowest BCUT2D eigenvalue weighted by atomic mass is 10.1. The molecule has 0 aliphatic heterocycles. The summed E-state index contributed by atoms with van der Waals surface area (Å²) in [6.45, 7) is 0. The van der Waals surface area contributed by atoms with Crippen LogP contribution in [0.4, 0.5) is 5.95 Å². The number of hydrogen-bond donors (Lipinski definition) is 2. The molecule has 2 aromatic heterocycles. The molecule has 4 rings (SSSR count). The molecular formula is C18H16N4O3. The number of carbonyl (C=O) groups is 2. The van der Waals surface area contributed by atoms with Crippen molar-refractivity contribution in [3.8, 4) is 11.3 Å². The predicted molar refractivity (Wildman–Crippen MR) is 91.1 cm³/mol. The lowest BCUT2D eigenvalue weighted by molar-refractivity contribution is -0.136. The summed E-state index contributed by atoms with van der Waals surface area (Å²) in [6, 6.07) is 12.9. The van der Waals surface area contributed by atoms with Gasteiger partial charge < -0.3 is 5.11 Å². The number of carboxylic acids is 1. The molecule has 1 saturated carbocycles. The summed E-state index contributed by atoms with van der Waals surface area (Å²) >= 11 is 0. The number of hydrogen-bond acceptors (Lipinski definition) is 4. The standard InChI is InChI=1S/C18H16N4O3/c23-16(24)10-11-4-6-12(7-5-11)14-2-1-3-15-19-18(21-22(14)15)20-17(25)13-8-9-13/h1-7,13H,8-10H2,(H,23,24)(H,20,21,25). The zero-order chi connectivity index (χ0) is 17.4. The maximum Gasteiger partial charge on any atom is 0.307 e. The van der Waals surface area contributed by atoms with E-state index in [9.17, 15) is 9.59 Å². The molecule has 2 heterocycles. The van der Waals surface area contributed by atoms with E-state index in [1.165, 1.54) is 0 Å². The van der Waals surface area contributed by atoms with Crippen molar-refractivity contribution in [3.63, 3.8) is 0 Å². The number of anilines is 1. The largest absolute Gasteiger partial charge is 0.481 e. The molecule has 0 bridgehead atoms. The van der Waals surface area contributed by atoms with Crippen molar-refractivity contribution in [1.29, 1.82) is 0 Å². The number of aliphatic carboxylic acids is 1. The average molecular weight is 336 g/mol. The molecule has 1 fully saturated rings. The Morgan fingerprint density at radius 3 is 2.60 bits per heavy atom. The lowest BCUT2D eigenvalue weighted by Crippen LogP contribution is -2.14. The fourth-order valence-corrected chi connectivity index (χ4v) is 2.70. The van der Waals surface area contributed by atoms with E-state index in [0.717, 1.165) is 29.7 Å². The smallest absolute Gasteiger partial charge is 0.307 e. The molecule has 2 N–H and O–H groups in total. The molecule has 1 amide bonds. The molecule has 1 aliphatic carbocycles. The van der Waals surface area contributed by atoms with Gasteiger partial charge in [0.15, 0.2) is 5.65 Å². The van der Waals surface area contributed by atoms with Crippen LogP contribution in [0.15, 0.2) is 42.5 Å². The molecule has 126 valence electrons. The molecule has 7 heteroatoms. The second kappa shape index (κ2) is 6.01. The van der Waals surface area contributed by atoms with Gasteiger partial charge in [-0.15, -0.1) is 5.10 Å². The van der Waals surface area contributed by atoms with Gasteiger partial charge in [0.05, 0.1) is 12.1 Å². The fourth-order valence-electron chi connectivity index (χ4n) is 2.70. The summed E-state index contributed by atoms with van der Waals surface area (Å²) in [7, 11) is 0. The van der Waals surface area contributed by atoms with E-state index < -0.39 is 5.97 Å². The number of aromatic nitrogens is 3. The lowest BCUT2D eigenvalue weighted by Gasteiger charge is -2.05. The minimum Gasteiger partial charge on any atom is -0.481 e. The SMILES string of the molecule is O=C(O)Cc1ccc(-c2cccc3nc(NC(=O)C4CC4)nn23)cc1. The highest BCUT2D eigenvalue weighted by Crippen LogP contribution is 2.30. The molecule has 25 heavy (non-hydrogen) atoms. The number of carbonyl (C=O) groups excluding carboxylic acids is 1. The maximum atomic E-state index is 11.9. The van der Waals surface area contributed by atoms with E-state index in [4.69, 9.17) is 5.11 Å². The summed E-state index contributed by atoms with van der Waals surface area (Å²) in [4.78, 5) is 27.0. The normalized spacial score (nSPS) is 13.8. The molecule has 0 unspecified atom stereocenters. The molecule has 7 nitrogen and oxygen atoms in total. The van der Waals surface area contributed by atoms with Gasteiger partial charge in [-0.1, -0.05) is 30.3 Å². The molecule has 0 spiro atoms. The number of carboxylic acid groups (broad SMARTS) is 1. The highest BCUT2D eigenvalue weighted by molar-refractivity contribution is 5.92. The molecule has 1 aromatic carbocycles. The number of amides is 1. The minimum absolute atomic E-state index is 0.00878. The Morgan fingerprint density at radius 1 is 1.16 bits per heavy atom. The minimum atomic E-state index is -0.859. The quantitative estimate of drug-likeness (QED) is 0.745. The molecule has 0 saturated heterocycles. The Labute approximate surface area is 143 Å². The summed E-state index contributed by atoms with van der Waals surface area (Å²) in [5.41, 5.74) is 3.08. The van der Waals surface area contributed by atoms with Crippen molar-refractivity contribution >= 4 is 23.5 Å². The van der Waals surface area contributed by atoms with Gasteiger partial charge in [-0.2, -0.15) is 4.98 Å². The highest BCUT2D eigenvalue weighted by atomic mass is 16.4. The van der Waals surface area contributed by atoms with Crippen molar-refractivity contribution in [1.82, 2.24) is 14.6 Å². The Kier molecular flexibility index (Phi) is 3.68. The van der Waals surface area contributed by atoms with Gasteiger partial charge in [0, 0.05) is 11.5 Å². The first-order valence-corrected chi connectivity index (χ1v) is 8.08. The van der Waals surface area contributed by atoms with Crippen molar-refractivity contribution < 1.29 is 14.7 Å². The second-order valence-corrected chi connectivity index (χ2v) is 6.15. The molecule has 0 atom stereocenters. The zero-order valence-corrected chi connectivity index (χ0v) is 13.3. The van der Waals surface area contributed by atoms with Crippen LogP contribution in [0.2, 0.25) is 0 Å². The number of rotatable bonds is 5. The van der Waals surface area contributed by atoms with Crippen LogP contribution in [0.5, 0.6) is 0 Å². The summed E-state index contributed by atoms with van der Waals surface area (Å²) in [5, 5.41) is 16.0. The number of pyridine rings is 1. The van der Waals surface area contributed by atoms with Crippen LogP contribution in [0.1, 0.15) is 18.4 Å². The maximum absolute atomic E-state index is 11.9. The first kappa shape index (κ1) is 15.3. The Balaban J connectivity index is 1.65. The van der Waals surface area contributed by atoms with Gasteiger partial charge in [-0.3, -0.25) is 14.9 Å². The summed E-state index contributed by atoms with van der Waals surface area (Å²) < 4.78 is 1.68. The third-order valence-electron chi connectivity index (χ3n) is 4.15. The molecular weight excluding hydrogens is 320 g/mol. The van der Waals surface area contributed by atoms with Crippen molar-refractivity contribution in [2.75, 3.05) is 5.32 Å². The van der Waals surface area contributed by atoms with Gasteiger partial charge >= 0.3 is 5.97 Å². The summed E-state index contributed by atoms with van der Waals surface area (Å²) in [5.74, 6) is -0.502. The molecule has 1 aliphatic rings. The number of benzene rings is 1. The van der Waals surface area contributed by atoms with Crippen LogP contribution in [0, 0.1) is 5.92 Å². The first-order chi connectivity index (χ1) is 12.1. The van der Waals surface area contributed by atoms with Crippen molar-refractivity contribution in [2.45, 2.75) is 19.3 Å². The number of nitrogens with one attached hydrogen (secondary N) is 1. The zero-order valence-electron chi connectivity index (χ0n) is 13.3. The van der Waals surface area contributed by atoms with E-state index in [1.54, 1.807) is 16.6 Å². The predicted octanol–water partition coefficient (Wildman–Crippen LogP) is 2.37. The topological polar surface area (TPSA) is 96.6 Å². The fraction of sp³-hybridized carbons (Fsp3) is 0.222. The van der Waals surface area contributed by atoms with Crippen LogP contribution >= 0.6 is 0 Å². The second-order valence-electron chi connectivity index (χ2n) is 6.15. The van der Waals surface area contributed by atoms with Crippen LogP contribution < -0.4 is 5.32 Å². The molecule has 0 radical (unpaired) electrons. The monoisotopic (exact) mass is 336 g/mol. The molecule has 3 aromatic rings. The third kappa shape index (κ3) is 3.21. The van der Waals surface area contributed by atoms with Crippen LogP contribution in [0.3, 0.4) is 0 Å². The first-order valence-electron chi connectivity index (χ1n) is 8.08. The van der Waals surface area contributed by atoms with E-state index in [-0.39, 0.29) is 18.2 Å². The summed E-state index contributed by atoms with van der Waals surface area (Å²) in [6.07, 6.45) is 1.84. The van der Waals surface area contributed by atoms with Crippen LogP contribution in [-0.4, -0.2) is 31.6 Å². The Bertz CT molecular complexity index is 958. The van der Waals surface area contributed by atoms with Gasteiger partial charge in [0.25, 0.3) is 0 Å². The number of nitrogens with zero attached hydrogens (tertiary/aromatic N) is 3. The van der Waals surface area contributed by atoms with E-state index in [2.05, 4.69) is 15.4 Å².